The molecule has 2 aromatic heterocycles. The molecule has 20 heteroatoms. The van der Waals surface area contributed by atoms with Crippen LogP contribution < -0.4 is 41.4 Å². The maximum atomic E-state index is 12.9. The highest BCUT2D eigenvalue weighted by Gasteiger charge is 2.26. The first-order chi connectivity index (χ1) is 36.1. The van der Waals surface area contributed by atoms with Gasteiger partial charge in [0.2, 0.25) is 11.9 Å². The van der Waals surface area contributed by atoms with E-state index >= 15 is 0 Å². The lowest BCUT2D eigenvalue weighted by molar-refractivity contribution is 0.243. The van der Waals surface area contributed by atoms with Gasteiger partial charge in [0, 0.05) is 0 Å². The first-order valence-corrected chi connectivity index (χ1v) is 29.8. The van der Waals surface area contributed by atoms with Crippen molar-refractivity contribution in [3.63, 3.8) is 0 Å². The molecule has 16 nitrogen and oxygen atoms in total. The maximum Gasteiger partial charge on any atom is 0.229 e. The normalized spacial score (nSPS) is 14.6. The van der Waals surface area contributed by atoms with Crippen LogP contribution in [0.1, 0.15) is 115 Å². The topological polar surface area (TPSA) is 210 Å². The van der Waals surface area contributed by atoms with Crippen molar-refractivity contribution in [3.8, 4) is 11.5 Å². The van der Waals surface area contributed by atoms with Crippen molar-refractivity contribution in [1.82, 2.24) is 30.6 Å². The first kappa shape index (κ1) is 57.9. The summed E-state index contributed by atoms with van der Waals surface area (Å²) in [4.78, 5) is 18.2. The lowest BCUT2D eigenvalue weighted by Crippen LogP contribution is -2.27. The highest BCUT2D eigenvalue weighted by Crippen LogP contribution is 2.40. The van der Waals surface area contributed by atoms with Crippen LogP contribution in [-0.4, -0.2) is 85.7 Å². The van der Waals surface area contributed by atoms with Crippen LogP contribution in [0.25, 0.3) is 0 Å². The Morgan fingerprint density at radius 1 is 0.526 bits per heavy atom. The Balaban J connectivity index is 0.000000221. The van der Waals surface area contributed by atoms with E-state index < -0.39 is 30.2 Å². The van der Waals surface area contributed by atoms with Gasteiger partial charge in [-0.05, 0) is 204 Å². The van der Waals surface area contributed by atoms with E-state index in [-0.39, 0.29) is 32.0 Å². The summed E-state index contributed by atoms with van der Waals surface area (Å²) in [6.07, 6.45) is 7.33. The minimum atomic E-state index is -3.52. The molecule has 0 spiro atoms. The third-order valence-corrected chi connectivity index (χ3v) is 18.1. The monoisotopic (exact) mass is 1110 g/mol. The number of nitrogens with one attached hydrogen (secondary N) is 6. The van der Waals surface area contributed by atoms with Gasteiger partial charge >= 0.3 is 0 Å². The Morgan fingerprint density at radius 2 is 0.882 bits per heavy atom. The zero-order chi connectivity index (χ0) is 54.9. The van der Waals surface area contributed by atoms with E-state index in [4.69, 9.17) is 32.7 Å². The molecule has 408 valence electrons. The number of anilines is 8. The Labute approximate surface area is 459 Å². The van der Waals surface area contributed by atoms with E-state index in [2.05, 4.69) is 89.9 Å². The van der Waals surface area contributed by atoms with Gasteiger partial charge in [-0.3, -0.25) is 0 Å². The van der Waals surface area contributed by atoms with Crippen molar-refractivity contribution >= 4 is 89.2 Å². The molecule has 6 aromatic rings. The van der Waals surface area contributed by atoms with Gasteiger partial charge in [-0.2, -0.15) is 9.97 Å². The number of sulfone groups is 2. The number of piperidine rings is 2. The molecule has 2 fully saturated rings. The van der Waals surface area contributed by atoms with Gasteiger partial charge in [-0.15, -0.1) is 0 Å². The van der Waals surface area contributed by atoms with Crippen molar-refractivity contribution in [2.45, 2.75) is 139 Å². The summed E-state index contributed by atoms with van der Waals surface area (Å²) < 4.78 is 64.0. The van der Waals surface area contributed by atoms with Crippen LogP contribution in [0.3, 0.4) is 0 Å². The van der Waals surface area contributed by atoms with Crippen LogP contribution >= 0.6 is 23.2 Å². The van der Waals surface area contributed by atoms with E-state index in [1.165, 1.54) is 34.6 Å². The number of ether oxygens (including phenoxy) is 2. The number of rotatable bonds is 18. The molecule has 0 unspecified atom stereocenters. The molecule has 4 heterocycles. The predicted molar refractivity (Wildman–Crippen MR) is 308 cm³/mol. The zero-order valence-electron chi connectivity index (χ0n) is 45.0. The average Bonchev–Trinajstić information content (AvgIpc) is 3.38. The second kappa shape index (κ2) is 25.6. The Hall–Kier alpha value is -5.76. The van der Waals surface area contributed by atoms with Gasteiger partial charge in [-0.1, -0.05) is 47.5 Å². The number of hydrogen-bond donors (Lipinski definition) is 6. The quantitative estimate of drug-likeness (QED) is 0.0473. The number of para-hydroxylation sites is 2. The van der Waals surface area contributed by atoms with Gasteiger partial charge in [0.15, 0.2) is 31.3 Å². The molecular formula is C56H72Cl2N10O6S2. The maximum absolute atomic E-state index is 12.9. The van der Waals surface area contributed by atoms with Gasteiger partial charge in [0.05, 0.1) is 67.6 Å². The molecular weight excluding hydrogens is 1040 g/mol. The summed E-state index contributed by atoms with van der Waals surface area (Å²) in [5.41, 5.74) is 7.27. The lowest BCUT2D eigenvalue weighted by atomic mass is 9.87. The van der Waals surface area contributed by atoms with Crippen molar-refractivity contribution in [2.24, 2.45) is 0 Å². The number of halogens is 2. The van der Waals surface area contributed by atoms with Crippen LogP contribution in [-0.2, 0) is 19.7 Å². The fourth-order valence-corrected chi connectivity index (χ4v) is 11.8. The number of aromatic nitrogens is 4. The van der Waals surface area contributed by atoms with Gasteiger partial charge in [0.25, 0.3) is 0 Å². The first-order valence-electron chi connectivity index (χ1n) is 25.9. The standard InChI is InChI=1S/2C28H36ClN5O3S/c2*1-17(2)37-25-15-21(20-10-12-30-13-11-20)19(5)14-24(25)33-28-31-16-22(29)27(34-28)32-23-8-6-7-9-26(23)38(35,36)18(3)4/h2*6-9,14-18,20,30H,10-13H2,1-5H3,(H2,31,32,33,34). The molecule has 2 saturated heterocycles. The molecule has 8 rings (SSSR count). The summed E-state index contributed by atoms with van der Waals surface area (Å²) in [5.74, 6) is 3.66. The van der Waals surface area contributed by atoms with Crippen molar-refractivity contribution in [3.05, 3.63) is 117 Å². The lowest BCUT2D eigenvalue weighted by Gasteiger charge is -2.26. The van der Waals surface area contributed by atoms with E-state index in [1.807, 2.05) is 27.7 Å². The summed E-state index contributed by atoms with van der Waals surface area (Å²) in [5, 5.41) is 19.0. The molecule has 0 aliphatic carbocycles. The second-order valence-corrected chi connectivity index (χ2v) is 26.0. The van der Waals surface area contributed by atoms with Crippen molar-refractivity contribution < 1.29 is 26.3 Å². The Morgan fingerprint density at radius 3 is 1.22 bits per heavy atom. The van der Waals surface area contributed by atoms with Crippen LogP contribution in [0.4, 0.5) is 46.3 Å². The number of nitrogens with zero attached hydrogens (tertiary/aromatic N) is 4. The average molecular weight is 1120 g/mol. The fraction of sp³-hybridized carbons (Fsp3) is 0.429. The molecule has 2 aliphatic rings. The number of benzene rings is 4. The number of aryl methyl sites for hydroxylation is 2. The smallest absolute Gasteiger partial charge is 0.229 e. The van der Waals surface area contributed by atoms with Crippen LogP contribution in [0.5, 0.6) is 11.5 Å². The third-order valence-electron chi connectivity index (χ3n) is 13.1. The van der Waals surface area contributed by atoms with Crippen molar-refractivity contribution in [1.29, 1.82) is 0 Å². The minimum absolute atomic E-state index is 0.0121. The second-order valence-electron chi connectivity index (χ2n) is 20.3. The zero-order valence-corrected chi connectivity index (χ0v) is 48.2. The fourth-order valence-electron chi connectivity index (χ4n) is 9.12. The molecule has 76 heavy (non-hydrogen) atoms. The minimum Gasteiger partial charge on any atom is -0.489 e. The third kappa shape index (κ3) is 14.4. The number of hydrogen-bond acceptors (Lipinski definition) is 16. The SMILES string of the molecule is Cc1cc(Nc2ncc(Cl)c(Nc3ccccc3S(=O)(=O)C(C)C)n2)c(OC(C)C)cc1C1CCNCC1.Cc1cc(Nc2ncc(Cl)c(Nc3ccccc3S(=O)(=O)C(C)C)n2)c(OC(C)C)cc1C1CCNCC1. The van der Waals surface area contributed by atoms with Crippen LogP contribution in [0.2, 0.25) is 10.0 Å². The highest BCUT2D eigenvalue weighted by atomic mass is 35.5. The van der Waals surface area contributed by atoms with Gasteiger partial charge in [-0.25, -0.2) is 26.8 Å². The molecule has 0 atom stereocenters. The Kier molecular flexibility index (Phi) is 19.5. The highest BCUT2D eigenvalue weighted by molar-refractivity contribution is 7.92. The van der Waals surface area contributed by atoms with E-state index in [9.17, 15) is 16.8 Å². The molecule has 4 aromatic carbocycles. The predicted octanol–water partition coefficient (Wildman–Crippen LogP) is 12.7. The van der Waals surface area contributed by atoms with E-state index in [0.29, 0.717) is 46.7 Å². The molecule has 0 bridgehead atoms. The summed E-state index contributed by atoms with van der Waals surface area (Å²) in [6, 6.07) is 21.9. The molecule has 2 aliphatic heterocycles. The van der Waals surface area contributed by atoms with Crippen LogP contribution in [0.15, 0.2) is 95.0 Å². The molecule has 6 N–H and O–H groups in total. The molecule has 0 amide bonds. The molecule has 0 saturated carbocycles. The van der Waals surface area contributed by atoms with E-state index in [0.717, 1.165) is 74.7 Å². The van der Waals surface area contributed by atoms with Crippen LogP contribution in [0, 0.1) is 13.8 Å². The van der Waals surface area contributed by atoms with Gasteiger partial charge in [0.1, 0.15) is 21.5 Å². The Bertz CT molecular complexity index is 2990. The van der Waals surface area contributed by atoms with Gasteiger partial charge < -0.3 is 41.4 Å². The summed E-state index contributed by atoms with van der Waals surface area (Å²) >= 11 is 12.8. The molecule has 0 radical (unpaired) electrons. The summed E-state index contributed by atoms with van der Waals surface area (Å²) in [7, 11) is -7.04. The van der Waals surface area contributed by atoms with Crippen molar-refractivity contribution in [2.75, 3.05) is 47.4 Å². The largest absolute Gasteiger partial charge is 0.489 e. The summed E-state index contributed by atoms with van der Waals surface area (Å²) in [6.45, 7) is 22.9. The van der Waals surface area contributed by atoms with E-state index in [1.54, 1.807) is 76.2 Å².